The van der Waals surface area contributed by atoms with Crippen LogP contribution in [0.25, 0.3) is 10.7 Å². The third kappa shape index (κ3) is 4.49. The normalized spacial score (nSPS) is 10.8. The lowest BCUT2D eigenvalue weighted by molar-refractivity contribution is -0.118. The van der Waals surface area contributed by atoms with Gasteiger partial charge < -0.3 is 9.88 Å². The maximum Gasteiger partial charge on any atom is 0.230 e. The summed E-state index contributed by atoms with van der Waals surface area (Å²) in [6, 6.07) is 12.2. The van der Waals surface area contributed by atoms with Gasteiger partial charge in [0.25, 0.3) is 0 Å². The number of hydrogen-bond acceptors (Lipinski definition) is 5. The monoisotopic (exact) mass is 372 g/mol. The van der Waals surface area contributed by atoms with Gasteiger partial charge in [0.15, 0.2) is 11.0 Å². The Morgan fingerprint density at radius 2 is 2.04 bits per heavy atom. The van der Waals surface area contributed by atoms with Crippen LogP contribution in [0.3, 0.4) is 0 Å². The van der Waals surface area contributed by atoms with Crippen molar-refractivity contribution in [2.24, 2.45) is 0 Å². The first-order valence-electron chi connectivity index (χ1n) is 8.09. The minimum absolute atomic E-state index is 0.00565. The van der Waals surface area contributed by atoms with Crippen LogP contribution in [0.5, 0.6) is 0 Å². The molecule has 0 atom stereocenters. The molecule has 1 aromatic carbocycles. The van der Waals surface area contributed by atoms with Gasteiger partial charge in [-0.05, 0) is 30.9 Å². The van der Waals surface area contributed by atoms with Gasteiger partial charge in [-0.25, -0.2) is 0 Å². The van der Waals surface area contributed by atoms with Gasteiger partial charge in [0.2, 0.25) is 5.91 Å². The number of amides is 1. The number of carbonyl (C=O) groups excluding carboxylic acids is 1. The molecule has 0 saturated heterocycles. The van der Waals surface area contributed by atoms with E-state index in [-0.39, 0.29) is 5.91 Å². The molecule has 3 aromatic rings. The molecule has 0 bridgehead atoms. The fourth-order valence-electron chi connectivity index (χ4n) is 2.36. The lowest BCUT2D eigenvalue weighted by atomic mass is 10.1. The second kappa shape index (κ2) is 8.31. The zero-order valence-corrected chi connectivity index (χ0v) is 15.9. The summed E-state index contributed by atoms with van der Waals surface area (Å²) >= 11 is 3.06. The van der Waals surface area contributed by atoms with E-state index in [4.69, 9.17) is 0 Å². The molecular weight excluding hydrogens is 352 g/mol. The predicted octanol–water partition coefficient (Wildman–Crippen LogP) is 3.74. The summed E-state index contributed by atoms with van der Waals surface area (Å²) in [7, 11) is 0. The Kier molecular flexibility index (Phi) is 5.88. The number of rotatable bonds is 7. The Balaban J connectivity index is 1.56. The quantitative estimate of drug-likeness (QED) is 0.642. The van der Waals surface area contributed by atoms with Crippen molar-refractivity contribution in [3.8, 4) is 10.7 Å². The molecule has 2 aromatic heterocycles. The van der Waals surface area contributed by atoms with Crippen LogP contribution in [0.4, 0.5) is 0 Å². The Labute approximate surface area is 155 Å². The third-order valence-electron chi connectivity index (χ3n) is 3.72. The van der Waals surface area contributed by atoms with Gasteiger partial charge >= 0.3 is 0 Å². The van der Waals surface area contributed by atoms with Crippen LogP contribution in [0.2, 0.25) is 0 Å². The van der Waals surface area contributed by atoms with Crippen LogP contribution >= 0.6 is 23.1 Å². The Bertz CT molecular complexity index is 825. The fourth-order valence-corrected chi connectivity index (χ4v) is 3.91. The minimum Gasteiger partial charge on any atom is -0.351 e. The standard InChI is InChI=1S/C18H20N4OS2/c1-3-22-17(15-5-4-10-24-15)20-21-18(22)25-12-16(23)19-11-14-8-6-13(2)7-9-14/h4-10H,3,11-12H2,1-2H3,(H,19,23). The topological polar surface area (TPSA) is 59.8 Å². The highest BCUT2D eigenvalue weighted by molar-refractivity contribution is 7.99. The molecule has 0 aliphatic heterocycles. The van der Waals surface area contributed by atoms with E-state index in [1.165, 1.54) is 17.3 Å². The highest BCUT2D eigenvalue weighted by atomic mass is 32.2. The molecule has 1 N–H and O–H groups in total. The number of nitrogens with one attached hydrogen (secondary N) is 1. The van der Waals surface area contributed by atoms with Gasteiger partial charge in [-0.15, -0.1) is 21.5 Å². The van der Waals surface area contributed by atoms with Crippen molar-refractivity contribution in [3.05, 3.63) is 52.9 Å². The average Bonchev–Trinajstić information content (AvgIpc) is 3.28. The SMILES string of the molecule is CCn1c(SCC(=O)NCc2ccc(C)cc2)nnc1-c1cccs1. The van der Waals surface area contributed by atoms with Gasteiger partial charge in [0.1, 0.15) is 0 Å². The highest BCUT2D eigenvalue weighted by Gasteiger charge is 2.15. The number of nitrogens with zero attached hydrogens (tertiary/aromatic N) is 3. The molecule has 0 aliphatic carbocycles. The van der Waals surface area contributed by atoms with Gasteiger partial charge in [0.05, 0.1) is 10.6 Å². The zero-order chi connectivity index (χ0) is 17.6. The summed E-state index contributed by atoms with van der Waals surface area (Å²) in [6.07, 6.45) is 0. The highest BCUT2D eigenvalue weighted by Crippen LogP contribution is 2.26. The molecule has 0 spiro atoms. The number of carbonyl (C=O) groups is 1. The summed E-state index contributed by atoms with van der Waals surface area (Å²) < 4.78 is 2.05. The van der Waals surface area contributed by atoms with Crippen molar-refractivity contribution in [3.63, 3.8) is 0 Å². The zero-order valence-electron chi connectivity index (χ0n) is 14.2. The van der Waals surface area contributed by atoms with Crippen molar-refractivity contribution in [1.82, 2.24) is 20.1 Å². The molecule has 2 heterocycles. The van der Waals surface area contributed by atoms with E-state index in [1.54, 1.807) is 11.3 Å². The molecule has 5 nitrogen and oxygen atoms in total. The maximum absolute atomic E-state index is 12.1. The average molecular weight is 373 g/mol. The van der Waals surface area contributed by atoms with Crippen LogP contribution in [-0.4, -0.2) is 26.4 Å². The first-order valence-corrected chi connectivity index (χ1v) is 9.96. The molecule has 0 unspecified atom stereocenters. The number of thioether (sulfide) groups is 1. The second-order valence-corrected chi connectivity index (χ2v) is 7.47. The van der Waals surface area contributed by atoms with Crippen LogP contribution < -0.4 is 5.32 Å². The molecule has 0 saturated carbocycles. The van der Waals surface area contributed by atoms with Crippen LogP contribution in [0, 0.1) is 6.92 Å². The van der Waals surface area contributed by atoms with E-state index in [9.17, 15) is 4.79 Å². The van der Waals surface area contributed by atoms with E-state index in [2.05, 4.69) is 22.4 Å². The first-order chi connectivity index (χ1) is 12.2. The smallest absolute Gasteiger partial charge is 0.230 e. The van der Waals surface area contributed by atoms with Crippen LogP contribution in [-0.2, 0) is 17.9 Å². The number of thiophene rings is 1. The molecule has 7 heteroatoms. The van der Waals surface area contributed by atoms with Crippen LogP contribution in [0.15, 0.2) is 46.9 Å². The van der Waals surface area contributed by atoms with Crippen molar-refractivity contribution in [1.29, 1.82) is 0 Å². The summed E-state index contributed by atoms with van der Waals surface area (Å²) in [6.45, 7) is 5.42. The van der Waals surface area contributed by atoms with Crippen LogP contribution in [0.1, 0.15) is 18.1 Å². The molecule has 0 fully saturated rings. The van der Waals surface area contributed by atoms with E-state index in [0.29, 0.717) is 12.3 Å². The summed E-state index contributed by atoms with van der Waals surface area (Å²) in [5, 5.41) is 14.3. The van der Waals surface area contributed by atoms with Crippen molar-refractivity contribution >= 4 is 29.0 Å². The number of aryl methyl sites for hydroxylation is 1. The summed E-state index contributed by atoms with van der Waals surface area (Å²) in [4.78, 5) is 13.2. The largest absolute Gasteiger partial charge is 0.351 e. The van der Waals surface area contributed by atoms with E-state index in [0.717, 1.165) is 28.0 Å². The molecule has 0 aliphatic rings. The third-order valence-corrected chi connectivity index (χ3v) is 5.55. The van der Waals surface area contributed by atoms with Crippen molar-refractivity contribution < 1.29 is 4.79 Å². The van der Waals surface area contributed by atoms with Gasteiger partial charge in [-0.3, -0.25) is 4.79 Å². The number of aromatic nitrogens is 3. The van der Waals surface area contributed by atoms with E-state index in [1.807, 2.05) is 53.3 Å². The van der Waals surface area contributed by atoms with Gasteiger partial charge in [-0.2, -0.15) is 0 Å². The second-order valence-electron chi connectivity index (χ2n) is 5.58. The fraction of sp³-hybridized carbons (Fsp3) is 0.278. The van der Waals surface area contributed by atoms with Crippen molar-refractivity contribution in [2.45, 2.75) is 32.1 Å². The minimum atomic E-state index is -0.00565. The molecule has 0 radical (unpaired) electrons. The first kappa shape index (κ1) is 17.7. The van der Waals surface area contributed by atoms with Gasteiger partial charge in [0, 0.05) is 13.1 Å². The number of hydrogen-bond donors (Lipinski definition) is 1. The molecule has 1 amide bonds. The molecule has 25 heavy (non-hydrogen) atoms. The van der Waals surface area contributed by atoms with E-state index < -0.39 is 0 Å². The van der Waals surface area contributed by atoms with E-state index >= 15 is 0 Å². The lowest BCUT2D eigenvalue weighted by Gasteiger charge is -2.07. The molecular formula is C18H20N4OS2. The number of benzene rings is 1. The maximum atomic E-state index is 12.1. The molecule has 3 rings (SSSR count). The summed E-state index contributed by atoms with van der Waals surface area (Å²) in [5.74, 6) is 1.18. The molecule has 130 valence electrons. The Morgan fingerprint density at radius 3 is 2.72 bits per heavy atom. The van der Waals surface area contributed by atoms with Crippen molar-refractivity contribution in [2.75, 3.05) is 5.75 Å². The summed E-state index contributed by atoms with van der Waals surface area (Å²) in [5.41, 5.74) is 2.31. The Morgan fingerprint density at radius 1 is 1.24 bits per heavy atom. The predicted molar refractivity (Wildman–Crippen MR) is 103 cm³/mol. The Hall–Kier alpha value is -2.12. The lowest BCUT2D eigenvalue weighted by Crippen LogP contribution is -2.24. The van der Waals surface area contributed by atoms with Gasteiger partial charge in [-0.1, -0.05) is 47.7 Å².